The first-order valence-corrected chi connectivity index (χ1v) is 11.6. The zero-order valence-corrected chi connectivity index (χ0v) is 20.0. The van der Waals surface area contributed by atoms with Crippen molar-refractivity contribution in [2.24, 2.45) is 0 Å². The maximum atomic E-state index is 13.0. The lowest BCUT2D eigenvalue weighted by Crippen LogP contribution is -2.39. The Balaban J connectivity index is 2.27. The summed E-state index contributed by atoms with van der Waals surface area (Å²) >= 11 is 0. The number of methoxy groups -OCH3 is 3. The third-order valence-corrected chi connectivity index (χ3v) is 5.83. The summed E-state index contributed by atoms with van der Waals surface area (Å²) in [6, 6.07) is 9.52. The van der Waals surface area contributed by atoms with E-state index in [1.807, 2.05) is 13.8 Å². The van der Waals surface area contributed by atoms with E-state index in [4.69, 9.17) is 18.4 Å². The minimum Gasteiger partial charge on any atom is -0.497 e. The van der Waals surface area contributed by atoms with Gasteiger partial charge in [-0.05, 0) is 50.6 Å². The molecule has 1 N–H and O–H groups in total. The van der Waals surface area contributed by atoms with Crippen LogP contribution in [0.1, 0.15) is 26.3 Å². The number of hydrogen-bond donors (Lipinski definition) is 1. The fourth-order valence-corrected chi connectivity index (χ4v) is 3.38. The molecular formula is C22H30N2O7S. The quantitative estimate of drug-likeness (QED) is 0.530. The smallest absolute Gasteiger partial charge is 0.322 e. The van der Waals surface area contributed by atoms with E-state index in [-0.39, 0.29) is 35.9 Å². The molecule has 10 heteroatoms. The van der Waals surface area contributed by atoms with E-state index in [1.165, 1.54) is 21.1 Å². The summed E-state index contributed by atoms with van der Waals surface area (Å²) in [5.74, 6) is 1.26. The maximum absolute atomic E-state index is 13.0. The zero-order chi connectivity index (χ0) is 23.9. The molecule has 9 nitrogen and oxygen atoms in total. The van der Waals surface area contributed by atoms with E-state index >= 15 is 0 Å². The number of carbonyl (C=O) groups excluding carboxylic acids is 1. The fourth-order valence-electron chi connectivity index (χ4n) is 2.85. The molecular weight excluding hydrogens is 436 g/mol. The van der Waals surface area contributed by atoms with Gasteiger partial charge in [0.25, 0.3) is 0 Å². The summed E-state index contributed by atoms with van der Waals surface area (Å²) in [5, 5.41) is 2.85. The Morgan fingerprint density at radius 3 is 2.22 bits per heavy atom. The van der Waals surface area contributed by atoms with E-state index in [0.717, 1.165) is 0 Å². The van der Waals surface area contributed by atoms with Gasteiger partial charge < -0.3 is 28.6 Å². The predicted molar refractivity (Wildman–Crippen MR) is 122 cm³/mol. The van der Waals surface area contributed by atoms with Crippen LogP contribution in [0.4, 0.5) is 10.5 Å². The Hall–Kier alpha value is -3.14. The molecule has 0 spiro atoms. The Morgan fingerprint density at radius 1 is 0.969 bits per heavy atom. The number of benzene rings is 2. The van der Waals surface area contributed by atoms with Gasteiger partial charge in [-0.2, -0.15) is 8.42 Å². The first-order chi connectivity index (χ1) is 15.1. The second-order valence-electron chi connectivity index (χ2n) is 7.13. The predicted octanol–water partition coefficient (Wildman–Crippen LogP) is 3.88. The van der Waals surface area contributed by atoms with Crippen molar-refractivity contribution >= 4 is 21.8 Å². The lowest BCUT2D eigenvalue weighted by atomic mass is 10.1. The number of hydrogen-bond acceptors (Lipinski definition) is 7. The third kappa shape index (κ3) is 6.43. The van der Waals surface area contributed by atoms with Gasteiger partial charge in [-0.1, -0.05) is 6.07 Å². The van der Waals surface area contributed by atoms with Crippen LogP contribution in [0.25, 0.3) is 0 Å². The molecule has 0 heterocycles. The second kappa shape index (κ2) is 10.9. The minimum atomic E-state index is -3.73. The van der Waals surface area contributed by atoms with Gasteiger partial charge in [0.05, 0.1) is 32.8 Å². The molecule has 0 aromatic heterocycles. The standard InChI is InChI=1S/C22H30N2O7S/c1-7-32(26,27)31-21-12-16(8-11-19(21)29-5)14-24(15(2)3)22(25)23-18-10-9-17(28-4)13-20(18)30-6/h8-13,15H,7,14H2,1-6H3,(H,23,25). The molecule has 32 heavy (non-hydrogen) atoms. The normalized spacial score (nSPS) is 11.1. The number of carbonyl (C=O) groups is 1. The number of urea groups is 1. The molecule has 0 aliphatic heterocycles. The van der Waals surface area contributed by atoms with Crippen molar-refractivity contribution in [2.45, 2.75) is 33.4 Å². The van der Waals surface area contributed by atoms with E-state index in [1.54, 1.807) is 48.4 Å². The fraction of sp³-hybridized carbons (Fsp3) is 0.409. The zero-order valence-electron chi connectivity index (χ0n) is 19.2. The molecule has 0 radical (unpaired) electrons. The lowest BCUT2D eigenvalue weighted by molar-refractivity contribution is 0.193. The van der Waals surface area contributed by atoms with Crippen LogP contribution in [0.5, 0.6) is 23.0 Å². The van der Waals surface area contributed by atoms with Crippen LogP contribution >= 0.6 is 0 Å². The minimum absolute atomic E-state index is 0.0767. The first kappa shape index (κ1) is 25.1. The van der Waals surface area contributed by atoms with Crippen LogP contribution in [0.3, 0.4) is 0 Å². The molecule has 2 aromatic rings. The highest BCUT2D eigenvalue weighted by atomic mass is 32.2. The van der Waals surface area contributed by atoms with Crippen LogP contribution in [0.2, 0.25) is 0 Å². The number of ether oxygens (including phenoxy) is 3. The highest BCUT2D eigenvalue weighted by molar-refractivity contribution is 7.87. The summed E-state index contributed by atoms with van der Waals surface area (Å²) in [6.45, 7) is 5.47. The van der Waals surface area contributed by atoms with E-state index in [2.05, 4.69) is 5.32 Å². The van der Waals surface area contributed by atoms with Gasteiger partial charge in [-0.3, -0.25) is 0 Å². The summed E-state index contributed by atoms with van der Waals surface area (Å²) in [6.07, 6.45) is 0. The van der Waals surface area contributed by atoms with Crippen molar-refractivity contribution in [1.29, 1.82) is 0 Å². The molecule has 0 fully saturated rings. The molecule has 0 saturated carbocycles. The van der Waals surface area contributed by atoms with Crippen LogP contribution in [-0.4, -0.2) is 52.5 Å². The molecule has 176 valence electrons. The monoisotopic (exact) mass is 466 g/mol. The molecule has 0 atom stereocenters. The molecule has 2 rings (SSSR count). The summed E-state index contributed by atoms with van der Waals surface area (Å²) in [7, 11) is 0.748. The molecule has 0 unspecified atom stereocenters. The maximum Gasteiger partial charge on any atom is 0.322 e. The highest BCUT2D eigenvalue weighted by Gasteiger charge is 2.21. The van der Waals surface area contributed by atoms with E-state index < -0.39 is 10.1 Å². The Labute approximate surface area is 189 Å². The van der Waals surface area contributed by atoms with E-state index in [0.29, 0.717) is 22.7 Å². The molecule has 0 bridgehead atoms. The third-order valence-electron chi connectivity index (χ3n) is 4.69. The molecule has 0 aliphatic rings. The average Bonchev–Trinajstić information content (AvgIpc) is 2.77. The van der Waals surface area contributed by atoms with Gasteiger partial charge in [-0.15, -0.1) is 0 Å². The van der Waals surface area contributed by atoms with Gasteiger partial charge in [0.15, 0.2) is 11.5 Å². The SMILES string of the molecule is CCS(=O)(=O)Oc1cc(CN(C(=O)Nc2ccc(OC)cc2OC)C(C)C)ccc1OC. The largest absolute Gasteiger partial charge is 0.497 e. The van der Waals surface area contributed by atoms with Crippen LogP contribution in [0.15, 0.2) is 36.4 Å². The molecule has 2 aromatic carbocycles. The van der Waals surface area contributed by atoms with Crippen LogP contribution in [-0.2, 0) is 16.7 Å². The number of nitrogens with zero attached hydrogens (tertiary/aromatic N) is 1. The van der Waals surface area contributed by atoms with Gasteiger partial charge >= 0.3 is 16.1 Å². The highest BCUT2D eigenvalue weighted by Crippen LogP contribution is 2.31. The Bertz CT molecular complexity index is 1040. The number of anilines is 1. The number of rotatable bonds is 10. The van der Waals surface area contributed by atoms with Gasteiger partial charge in [0, 0.05) is 18.7 Å². The van der Waals surface area contributed by atoms with Crippen molar-refractivity contribution in [2.75, 3.05) is 32.4 Å². The average molecular weight is 467 g/mol. The van der Waals surface area contributed by atoms with Gasteiger partial charge in [0.1, 0.15) is 11.5 Å². The summed E-state index contributed by atoms with van der Waals surface area (Å²) in [5.41, 5.74) is 1.18. The van der Waals surface area contributed by atoms with Gasteiger partial charge in [0.2, 0.25) is 0 Å². The van der Waals surface area contributed by atoms with Crippen molar-refractivity contribution in [1.82, 2.24) is 4.90 Å². The molecule has 0 saturated heterocycles. The van der Waals surface area contributed by atoms with Gasteiger partial charge in [-0.25, -0.2) is 4.79 Å². The van der Waals surface area contributed by atoms with Crippen molar-refractivity contribution < 1.29 is 31.6 Å². The van der Waals surface area contributed by atoms with E-state index in [9.17, 15) is 13.2 Å². The van der Waals surface area contributed by atoms with Crippen molar-refractivity contribution in [3.8, 4) is 23.0 Å². The number of amides is 2. The second-order valence-corrected chi connectivity index (χ2v) is 8.99. The van der Waals surface area contributed by atoms with Crippen molar-refractivity contribution in [3.05, 3.63) is 42.0 Å². The lowest BCUT2D eigenvalue weighted by Gasteiger charge is -2.27. The molecule has 2 amide bonds. The molecule has 0 aliphatic carbocycles. The van der Waals surface area contributed by atoms with Crippen LogP contribution < -0.4 is 23.7 Å². The van der Waals surface area contributed by atoms with Crippen LogP contribution in [0, 0.1) is 0 Å². The Kier molecular flexibility index (Phi) is 8.59. The topological polar surface area (TPSA) is 103 Å². The Morgan fingerprint density at radius 2 is 1.66 bits per heavy atom. The summed E-state index contributed by atoms with van der Waals surface area (Å²) in [4.78, 5) is 14.6. The van der Waals surface area contributed by atoms with Crippen molar-refractivity contribution in [3.63, 3.8) is 0 Å². The summed E-state index contributed by atoms with van der Waals surface area (Å²) < 4.78 is 44.7. The first-order valence-electron chi connectivity index (χ1n) is 10.0. The number of nitrogens with one attached hydrogen (secondary N) is 1.